The van der Waals surface area contributed by atoms with Crippen molar-refractivity contribution < 1.29 is 9.59 Å². The molecule has 2 aromatic rings. The number of imide groups is 1. The molecule has 2 aromatic carbocycles. The van der Waals surface area contributed by atoms with Crippen molar-refractivity contribution in [1.82, 2.24) is 5.32 Å². The van der Waals surface area contributed by atoms with E-state index in [1.807, 2.05) is 49.4 Å². The fraction of sp³-hybridized carbons (Fsp3) is 0.200. The molecule has 1 atom stereocenters. The van der Waals surface area contributed by atoms with E-state index >= 15 is 0 Å². The van der Waals surface area contributed by atoms with Crippen LogP contribution < -0.4 is 10.2 Å². The standard InChI is InChI=1S/C15H14N2O2/c1-10-9-17(15(19)16-14(10)18)13-7-6-11-4-2-3-5-12(11)8-13/h2-8,10H,9H2,1H3,(H,16,18,19). The van der Waals surface area contributed by atoms with Gasteiger partial charge in [0.05, 0.1) is 5.92 Å². The van der Waals surface area contributed by atoms with Gasteiger partial charge in [-0.1, -0.05) is 37.3 Å². The summed E-state index contributed by atoms with van der Waals surface area (Å²) in [5.41, 5.74) is 0.815. The third kappa shape index (κ3) is 2.05. The molecule has 1 heterocycles. The summed E-state index contributed by atoms with van der Waals surface area (Å²) in [6.07, 6.45) is 0. The number of benzene rings is 2. The molecule has 0 aromatic heterocycles. The molecule has 1 fully saturated rings. The summed E-state index contributed by atoms with van der Waals surface area (Å²) in [5, 5.41) is 4.59. The van der Waals surface area contributed by atoms with Gasteiger partial charge in [-0.25, -0.2) is 4.79 Å². The molecule has 1 saturated heterocycles. The molecule has 1 aliphatic heterocycles. The van der Waals surface area contributed by atoms with Crippen molar-refractivity contribution in [2.75, 3.05) is 11.4 Å². The lowest BCUT2D eigenvalue weighted by molar-refractivity contribution is -0.123. The molecule has 0 radical (unpaired) electrons. The quantitative estimate of drug-likeness (QED) is 0.850. The van der Waals surface area contributed by atoms with Gasteiger partial charge < -0.3 is 0 Å². The Kier molecular flexibility index (Phi) is 2.71. The number of fused-ring (bicyclic) bond motifs is 1. The number of hydrogen-bond acceptors (Lipinski definition) is 2. The lowest BCUT2D eigenvalue weighted by Gasteiger charge is -2.30. The zero-order chi connectivity index (χ0) is 13.4. The van der Waals surface area contributed by atoms with Crippen molar-refractivity contribution in [3.8, 4) is 0 Å². The number of hydrogen-bond donors (Lipinski definition) is 1. The minimum Gasteiger partial charge on any atom is -0.293 e. The number of nitrogens with zero attached hydrogens (tertiary/aromatic N) is 1. The maximum Gasteiger partial charge on any atom is 0.328 e. The van der Waals surface area contributed by atoms with E-state index < -0.39 is 0 Å². The molecule has 19 heavy (non-hydrogen) atoms. The van der Waals surface area contributed by atoms with Gasteiger partial charge in [0.2, 0.25) is 5.91 Å². The molecule has 0 aliphatic carbocycles. The second-order valence-corrected chi connectivity index (χ2v) is 4.84. The van der Waals surface area contributed by atoms with E-state index in [4.69, 9.17) is 0 Å². The molecular weight excluding hydrogens is 240 g/mol. The highest BCUT2D eigenvalue weighted by Gasteiger charge is 2.29. The molecule has 4 nitrogen and oxygen atoms in total. The van der Waals surface area contributed by atoms with Gasteiger partial charge in [0, 0.05) is 12.2 Å². The molecule has 3 amide bonds. The van der Waals surface area contributed by atoms with Gasteiger partial charge in [0.1, 0.15) is 0 Å². The molecular formula is C15H14N2O2. The van der Waals surface area contributed by atoms with E-state index in [9.17, 15) is 9.59 Å². The normalized spacial score (nSPS) is 19.6. The van der Waals surface area contributed by atoms with Crippen molar-refractivity contribution in [1.29, 1.82) is 0 Å². The van der Waals surface area contributed by atoms with E-state index in [2.05, 4.69) is 5.32 Å². The van der Waals surface area contributed by atoms with Gasteiger partial charge in [-0.2, -0.15) is 0 Å². The first kappa shape index (κ1) is 11.7. The molecule has 0 spiro atoms. The number of rotatable bonds is 1. The van der Waals surface area contributed by atoms with E-state index in [1.54, 1.807) is 4.90 Å². The van der Waals surface area contributed by atoms with E-state index in [0.29, 0.717) is 6.54 Å². The maximum atomic E-state index is 11.9. The van der Waals surface area contributed by atoms with Gasteiger partial charge in [0.25, 0.3) is 0 Å². The third-order valence-corrected chi connectivity index (χ3v) is 3.42. The maximum absolute atomic E-state index is 11.9. The fourth-order valence-corrected chi connectivity index (χ4v) is 2.30. The van der Waals surface area contributed by atoms with E-state index in [1.165, 1.54) is 0 Å². The summed E-state index contributed by atoms with van der Waals surface area (Å²) in [5.74, 6) is -0.397. The van der Waals surface area contributed by atoms with Crippen LogP contribution in [0.15, 0.2) is 42.5 Å². The van der Waals surface area contributed by atoms with Gasteiger partial charge in [-0.05, 0) is 22.9 Å². The first-order chi connectivity index (χ1) is 9.15. The number of urea groups is 1. The van der Waals surface area contributed by atoms with Crippen molar-refractivity contribution in [2.45, 2.75) is 6.92 Å². The van der Waals surface area contributed by atoms with Crippen molar-refractivity contribution in [3.63, 3.8) is 0 Å². The molecule has 3 rings (SSSR count). The second kappa shape index (κ2) is 4.39. The number of carbonyl (C=O) groups is 2. The Morgan fingerprint density at radius 3 is 2.63 bits per heavy atom. The highest BCUT2D eigenvalue weighted by molar-refractivity contribution is 6.07. The Morgan fingerprint density at radius 2 is 1.84 bits per heavy atom. The lowest BCUT2D eigenvalue weighted by atomic mass is 10.1. The molecule has 96 valence electrons. The van der Waals surface area contributed by atoms with Gasteiger partial charge >= 0.3 is 6.03 Å². The highest BCUT2D eigenvalue weighted by Crippen LogP contribution is 2.24. The number of amides is 3. The Bertz CT molecular complexity index is 666. The summed E-state index contributed by atoms with van der Waals surface area (Å²) in [6.45, 7) is 2.23. The van der Waals surface area contributed by atoms with Crippen LogP contribution in [0.3, 0.4) is 0 Å². The third-order valence-electron chi connectivity index (χ3n) is 3.42. The molecule has 0 saturated carbocycles. The first-order valence-corrected chi connectivity index (χ1v) is 6.26. The summed E-state index contributed by atoms with van der Waals surface area (Å²) < 4.78 is 0. The number of nitrogens with one attached hydrogen (secondary N) is 1. The molecule has 0 bridgehead atoms. The SMILES string of the molecule is CC1CN(c2ccc3ccccc3c2)C(=O)NC1=O. The molecule has 4 heteroatoms. The lowest BCUT2D eigenvalue weighted by Crippen LogP contribution is -2.53. The van der Waals surface area contributed by atoms with Crippen molar-refractivity contribution in [3.05, 3.63) is 42.5 Å². The second-order valence-electron chi connectivity index (χ2n) is 4.84. The highest BCUT2D eigenvalue weighted by atomic mass is 16.2. The predicted octanol–water partition coefficient (Wildman–Crippen LogP) is 2.53. The smallest absolute Gasteiger partial charge is 0.293 e. The number of carbonyl (C=O) groups excluding carboxylic acids is 2. The summed E-state index contributed by atoms with van der Waals surface area (Å²) >= 11 is 0. The van der Waals surface area contributed by atoms with E-state index in [-0.39, 0.29) is 17.9 Å². The number of anilines is 1. The molecule has 1 N–H and O–H groups in total. The Labute approximate surface area is 111 Å². The fourth-order valence-electron chi connectivity index (χ4n) is 2.30. The van der Waals surface area contributed by atoms with Crippen LogP contribution >= 0.6 is 0 Å². The summed E-state index contributed by atoms with van der Waals surface area (Å²) in [7, 11) is 0. The van der Waals surface area contributed by atoms with Crippen molar-refractivity contribution >= 4 is 28.4 Å². The Balaban J connectivity index is 1.99. The topological polar surface area (TPSA) is 49.4 Å². The van der Waals surface area contributed by atoms with Crippen LogP contribution in [0.25, 0.3) is 10.8 Å². The van der Waals surface area contributed by atoms with Crippen molar-refractivity contribution in [2.24, 2.45) is 5.92 Å². The van der Waals surface area contributed by atoms with Gasteiger partial charge in [0.15, 0.2) is 0 Å². The summed E-state index contributed by atoms with van der Waals surface area (Å²) in [4.78, 5) is 24.9. The van der Waals surface area contributed by atoms with E-state index in [0.717, 1.165) is 16.5 Å². The predicted molar refractivity (Wildman–Crippen MR) is 74.0 cm³/mol. The van der Waals surface area contributed by atoms with Gasteiger partial charge in [-0.3, -0.25) is 15.0 Å². The zero-order valence-corrected chi connectivity index (χ0v) is 10.6. The van der Waals surface area contributed by atoms with Crippen LogP contribution in [0.2, 0.25) is 0 Å². The van der Waals surface area contributed by atoms with Crippen LogP contribution in [0.4, 0.5) is 10.5 Å². The minimum atomic E-state index is -0.349. The largest absolute Gasteiger partial charge is 0.328 e. The Morgan fingerprint density at radius 1 is 1.11 bits per heavy atom. The van der Waals surface area contributed by atoms with Crippen LogP contribution in [0.5, 0.6) is 0 Å². The average molecular weight is 254 g/mol. The first-order valence-electron chi connectivity index (χ1n) is 6.26. The monoisotopic (exact) mass is 254 g/mol. The Hall–Kier alpha value is -2.36. The zero-order valence-electron chi connectivity index (χ0n) is 10.6. The molecule has 1 unspecified atom stereocenters. The van der Waals surface area contributed by atoms with Crippen LogP contribution in [-0.2, 0) is 4.79 Å². The van der Waals surface area contributed by atoms with Crippen LogP contribution in [0.1, 0.15) is 6.92 Å². The average Bonchev–Trinajstić information content (AvgIpc) is 2.42. The molecule has 1 aliphatic rings. The van der Waals surface area contributed by atoms with Gasteiger partial charge in [-0.15, -0.1) is 0 Å². The summed E-state index contributed by atoms with van der Waals surface area (Å²) in [6, 6.07) is 13.5. The van der Waals surface area contributed by atoms with Crippen LogP contribution in [0, 0.1) is 5.92 Å². The van der Waals surface area contributed by atoms with Crippen LogP contribution in [-0.4, -0.2) is 18.5 Å². The minimum absolute atomic E-state index is 0.191.